The summed E-state index contributed by atoms with van der Waals surface area (Å²) in [7, 11) is 0. The van der Waals surface area contributed by atoms with Gasteiger partial charge in [-0.3, -0.25) is 9.78 Å². The van der Waals surface area contributed by atoms with Gasteiger partial charge in [0.05, 0.1) is 16.6 Å². The minimum absolute atomic E-state index is 0.0513. The third-order valence-electron chi connectivity index (χ3n) is 5.43. The number of carbonyl (C=O) groups excluding carboxylic acids is 1. The van der Waals surface area contributed by atoms with Crippen molar-refractivity contribution in [1.29, 1.82) is 0 Å². The molecular weight excluding hydrogens is 368 g/mol. The lowest BCUT2D eigenvalue weighted by Gasteiger charge is -2.28. The van der Waals surface area contributed by atoms with Gasteiger partial charge in [-0.1, -0.05) is 91.0 Å². The molecule has 30 heavy (non-hydrogen) atoms. The van der Waals surface area contributed by atoms with E-state index in [1.807, 2.05) is 85.8 Å². The molecule has 4 rings (SSSR count). The number of benzene rings is 3. The van der Waals surface area contributed by atoms with Gasteiger partial charge in [0.25, 0.3) is 0 Å². The molecule has 3 aromatic carbocycles. The van der Waals surface area contributed by atoms with E-state index in [2.05, 4.69) is 34.6 Å². The van der Waals surface area contributed by atoms with E-state index in [1.165, 1.54) is 0 Å². The zero-order valence-electron chi connectivity index (χ0n) is 17.0. The van der Waals surface area contributed by atoms with E-state index in [-0.39, 0.29) is 5.91 Å². The van der Waals surface area contributed by atoms with Gasteiger partial charge in [-0.05, 0) is 36.6 Å². The van der Waals surface area contributed by atoms with E-state index in [1.54, 1.807) is 6.20 Å². The van der Waals surface area contributed by atoms with E-state index >= 15 is 0 Å². The first-order valence-electron chi connectivity index (χ1n) is 10.1. The summed E-state index contributed by atoms with van der Waals surface area (Å²) in [6.45, 7) is 1.99. The standard InChI is InChI=1S/C27H24N2O/c1-27(23-16-6-3-7-17-23,19-9-13-21-11-4-2-5-12-21)26(30)29-24-18-8-14-22-15-10-20-28-25(22)24/h2-18,20H,19H2,1H3,(H,29,30)/b13-9+. The Morgan fingerprint density at radius 3 is 2.37 bits per heavy atom. The summed E-state index contributed by atoms with van der Waals surface area (Å²) in [6, 6.07) is 29.8. The number of nitrogens with zero attached hydrogens (tertiary/aromatic N) is 1. The first kappa shape index (κ1) is 19.6. The lowest BCUT2D eigenvalue weighted by molar-refractivity contribution is -0.121. The average molecular weight is 393 g/mol. The fraction of sp³-hybridized carbons (Fsp3) is 0.111. The van der Waals surface area contributed by atoms with E-state index in [4.69, 9.17) is 0 Å². The van der Waals surface area contributed by atoms with Crippen LogP contribution in [0.3, 0.4) is 0 Å². The third kappa shape index (κ3) is 4.15. The van der Waals surface area contributed by atoms with Crippen molar-refractivity contribution < 1.29 is 4.79 Å². The zero-order chi connectivity index (χ0) is 20.8. The van der Waals surface area contributed by atoms with Crippen molar-refractivity contribution in [1.82, 2.24) is 4.98 Å². The minimum Gasteiger partial charge on any atom is -0.323 e. The first-order valence-corrected chi connectivity index (χ1v) is 10.1. The maximum absolute atomic E-state index is 13.5. The Bertz CT molecular complexity index is 1160. The number of carbonyl (C=O) groups is 1. The van der Waals surface area contributed by atoms with Gasteiger partial charge in [-0.15, -0.1) is 0 Å². The maximum Gasteiger partial charge on any atom is 0.235 e. The molecular formula is C27H24N2O. The van der Waals surface area contributed by atoms with Crippen LogP contribution in [0.1, 0.15) is 24.5 Å². The fourth-order valence-corrected chi connectivity index (χ4v) is 3.61. The van der Waals surface area contributed by atoms with Crippen LogP contribution in [0.5, 0.6) is 0 Å². The summed E-state index contributed by atoms with van der Waals surface area (Å²) in [5.41, 5.74) is 2.90. The van der Waals surface area contributed by atoms with Crippen LogP contribution in [0.2, 0.25) is 0 Å². The summed E-state index contributed by atoms with van der Waals surface area (Å²) in [5, 5.41) is 4.14. The molecule has 3 nitrogen and oxygen atoms in total. The Labute approximate surface area is 177 Å². The number of hydrogen-bond acceptors (Lipinski definition) is 2. The Morgan fingerprint density at radius 1 is 0.900 bits per heavy atom. The minimum atomic E-state index is -0.719. The van der Waals surface area contributed by atoms with Gasteiger partial charge >= 0.3 is 0 Å². The molecule has 3 heteroatoms. The van der Waals surface area contributed by atoms with Crippen molar-refractivity contribution in [2.24, 2.45) is 0 Å². The quantitative estimate of drug-likeness (QED) is 0.422. The molecule has 0 radical (unpaired) electrons. The summed E-state index contributed by atoms with van der Waals surface area (Å²) in [5.74, 6) is -0.0513. The molecule has 4 aromatic rings. The summed E-state index contributed by atoms with van der Waals surface area (Å²) < 4.78 is 0. The van der Waals surface area contributed by atoms with Crippen molar-refractivity contribution in [3.05, 3.63) is 114 Å². The van der Waals surface area contributed by atoms with E-state index in [0.29, 0.717) is 6.42 Å². The molecule has 1 aromatic heterocycles. The van der Waals surface area contributed by atoms with Gasteiger partial charge in [0.15, 0.2) is 0 Å². The SMILES string of the molecule is CC(C/C=C/c1ccccc1)(C(=O)Nc1cccc2cccnc12)c1ccccc1. The molecule has 0 fully saturated rings. The fourth-order valence-electron chi connectivity index (χ4n) is 3.61. The molecule has 0 saturated heterocycles. The number of pyridine rings is 1. The molecule has 0 aliphatic heterocycles. The summed E-state index contributed by atoms with van der Waals surface area (Å²) in [4.78, 5) is 18.0. The molecule has 0 bridgehead atoms. The van der Waals surface area contributed by atoms with Gasteiger partial charge in [-0.25, -0.2) is 0 Å². The molecule has 1 atom stereocenters. The average Bonchev–Trinajstić information content (AvgIpc) is 2.80. The van der Waals surface area contributed by atoms with Crippen LogP contribution in [0, 0.1) is 0 Å². The zero-order valence-corrected chi connectivity index (χ0v) is 17.0. The normalized spacial score (nSPS) is 13.2. The van der Waals surface area contributed by atoms with E-state index < -0.39 is 5.41 Å². The number of nitrogens with one attached hydrogen (secondary N) is 1. The van der Waals surface area contributed by atoms with Crippen molar-refractivity contribution in [2.75, 3.05) is 5.32 Å². The largest absolute Gasteiger partial charge is 0.323 e. The summed E-state index contributed by atoms with van der Waals surface area (Å²) >= 11 is 0. The summed E-state index contributed by atoms with van der Waals surface area (Å²) in [6.07, 6.45) is 6.46. The highest BCUT2D eigenvalue weighted by Crippen LogP contribution is 2.31. The van der Waals surface area contributed by atoms with Crippen molar-refractivity contribution in [3.63, 3.8) is 0 Å². The molecule has 0 aliphatic carbocycles. The molecule has 0 spiro atoms. The van der Waals surface area contributed by atoms with Crippen LogP contribution in [0.15, 0.2) is 103 Å². The third-order valence-corrected chi connectivity index (χ3v) is 5.43. The first-order chi connectivity index (χ1) is 14.7. The highest BCUT2D eigenvalue weighted by Gasteiger charge is 2.34. The predicted molar refractivity (Wildman–Crippen MR) is 124 cm³/mol. The van der Waals surface area contributed by atoms with Gasteiger partial charge < -0.3 is 5.32 Å². The number of para-hydroxylation sites is 1. The predicted octanol–water partition coefficient (Wildman–Crippen LogP) is 6.23. The van der Waals surface area contributed by atoms with Crippen LogP contribution in [-0.4, -0.2) is 10.9 Å². The molecule has 148 valence electrons. The van der Waals surface area contributed by atoms with Crippen molar-refractivity contribution in [2.45, 2.75) is 18.8 Å². The molecule has 1 N–H and O–H groups in total. The van der Waals surface area contributed by atoms with Crippen LogP contribution >= 0.6 is 0 Å². The van der Waals surface area contributed by atoms with Crippen molar-refractivity contribution in [3.8, 4) is 0 Å². The smallest absolute Gasteiger partial charge is 0.235 e. The van der Waals surface area contributed by atoms with E-state index in [9.17, 15) is 4.79 Å². The number of aromatic nitrogens is 1. The lowest BCUT2D eigenvalue weighted by Crippen LogP contribution is -2.37. The Balaban J connectivity index is 1.65. The number of anilines is 1. The van der Waals surface area contributed by atoms with E-state index in [0.717, 1.165) is 27.7 Å². The monoisotopic (exact) mass is 392 g/mol. The number of fused-ring (bicyclic) bond motifs is 1. The number of rotatable bonds is 6. The van der Waals surface area contributed by atoms with Crippen LogP contribution < -0.4 is 5.32 Å². The molecule has 0 saturated carbocycles. The van der Waals surface area contributed by atoms with Gasteiger partial charge in [0, 0.05) is 11.6 Å². The Kier molecular flexibility index (Phi) is 5.71. The second-order valence-electron chi connectivity index (χ2n) is 7.55. The number of amides is 1. The highest BCUT2D eigenvalue weighted by atomic mass is 16.2. The molecule has 1 amide bonds. The number of hydrogen-bond donors (Lipinski definition) is 1. The Morgan fingerprint density at radius 2 is 1.60 bits per heavy atom. The molecule has 1 unspecified atom stereocenters. The molecule has 1 heterocycles. The topological polar surface area (TPSA) is 42.0 Å². The van der Waals surface area contributed by atoms with Gasteiger partial charge in [0.2, 0.25) is 5.91 Å². The maximum atomic E-state index is 13.5. The van der Waals surface area contributed by atoms with Crippen LogP contribution in [0.4, 0.5) is 5.69 Å². The molecule has 0 aliphatic rings. The van der Waals surface area contributed by atoms with Crippen molar-refractivity contribution >= 4 is 28.6 Å². The van der Waals surface area contributed by atoms with Crippen LogP contribution in [0.25, 0.3) is 17.0 Å². The second-order valence-corrected chi connectivity index (χ2v) is 7.55. The number of allylic oxidation sites excluding steroid dienone is 1. The van der Waals surface area contributed by atoms with Gasteiger partial charge in [-0.2, -0.15) is 0 Å². The van der Waals surface area contributed by atoms with Crippen LogP contribution in [-0.2, 0) is 10.2 Å². The highest BCUT2D eigenvalue weighted by molar-refractivity contribution is 6.04. The Hall–Kier alpha value is -3.72. The second kappa shape index (κ2) is 8.75. The van der Waals surface area contributed by atoms with Gasteiger partial charge in [0.1, 0.15) is 0 Å². The lowest BCUT2D eigenvalue weighted by atomic mass is 9.78.